The number of anilines is 3. The van der Waals surface area contributed by atoms with Gasteiger partial charge in [0.25, 0.3) is 0 Å². The number of hydrogen-bond acceptors (Lipinski definition) is 7. The molecule has 0 saturated carbocycles. The summed E-state index contributed by atoms with van der Waals surface area (Å²) in [7, 11) is 0. The SMILES string of the molecule is CCOC(=O)c1ccc(Nc2cnnc(NCc3cccc(C)c3)n2)cc1. The maximum atomic E-state index is 11.7. The van der Waals surface area contributed by atoms with E-state index in [0.717, 1.165) is 11.3 Å². The number of ether oxygens (including phenoxy) is 1. The number of rotatable bonds is 7. The number of esters is 1. The summed E-state index contributed by atoms with van der Waals surface area (Å²) >= 11 is 0. The van der Waals surface area contributed by atoms with Gasteiger partial charge in [-0.3, -0.25) is 0 Å². The maximum Gasteiger partial charge on any atom is 0.338 e. The molecule has 2 N–H and O–H groups in total. The van der Waals surface area contributed by atoms with Gasteiger partial charge in [0.05, 0.1) is 18.4 Å². The van der Waals surface area contributed by atoms with E-state index >= 15 is 0 Å². The van der Waals surface area contributed by atoms with E-state index in [0.29, 0.717) is 30.5 Å². The quantitative estimate of drug-likeness (QED) is 0.619. The zero-order valence-corrected chi connectivity index (χ0v) is 15.3. The smallest absolute Gasteiger partial charge is 0.338 e. The fourth-order valence-corrected chi connectivity index (χ4v) is 2.49. The summed E-state index contributed by atoms with van der Waals surface area (Å²) in [5.41, 5.74) is 3.64. The van der Waals surface area contributed by atoms with Crippen molar-refractivity contribution in [2.45, 2.75) is 20.4 Å². The zero-order valence-electron chi connectivity index (χ0n) is 15.3. The Morgan fingerprint density at radius 1 is 1.15 bits per heavy atom. The van der Waals surface area contributed by atoms with Gasteiger partial charge in [0.1, 0.15) is 0 Å². The van der Waals surface area contributed by atoms with Gasteiger partial charge in [-0.15, -0.1) is 5.10 Å². The zero-order chi connectivity index (χ0) is 19.1. The monoisotopic (exact) mass is 363 g/mol. The standard InChI is InChI=1S/C20H21N5O2/c1-3-27-19(26)16-7-9-17(10-8-16)23-18-13-22-25-20(24-18)21-12-15-6-4-5-14(2)11-15/h4-11,13H,3,12H2,1-2H3,(H2,21,23,24,25). The minimum Gasteiger partial charge on any atom is -0.462 e. The van der Waals surface area contributed by atoms with Crippen LogP contribution < -0.4 is 10.6 Å². The molecule has 2 aromatic carbocycles. The van der Waals surface area contributed by atoms with E-state index in [1.807, 2.05) is 12.1 Å². The number of hydrogen-bond donors (Lipinski definition) is 2. The lowest BCUT2D eigenvalue weighted by molar-refractivity contribution is 0.0526. The predicted octanol–water partition coefficient (Wildman–Crippen LogP) is 3.71. The van der Waals surface area contributed by atoms with Gasteiger partial charge in [0, 0.05) is 12.2 Å². The number of nitrogens with one attached hydrogen (secondary N) is 2. The molecule has 7 nitrogen and oxygen atoms in total. The summed E-state index contributed by atoms with van der Waals surface area (Å²) in [6.45, 7) is 4.80. The molecular weight excluding hydrogens is 342 g/mol. The van der Waals surface area contributed by atoms with Crippen molar-refractivity contribution in [2.75, 3.05) is 17.2 Å². The van der Waals surface area contributed by atoms with Crippen molar-refractivity contribution in [1.82, 2.24) is 15.2 Å². The van der Waals surface area contributed by atoms with Gasteiger partial charge >= 0.3 is 5.97 Å². The number of aromatic nitrogens is 3. The van der Waals surface area contributed by atoms with Crippen LogP contribution in [0.4, 0.5) is 17.5 Å². The molecule has 0 aliphatic heterocycles. The van der Waals surface area contributed by atoms with Gasteiger partial charge < -0.3 is 15.4 Å². The Morgan fingerprint density at radius 3 is 2.70 bits per heavy atom. The largest absolute Gasteiger partial charge is 0.462 e. The second-order valence-electron chi connectivity index (χ2n) is 5.93. The Kier molecular flexibility index (Phi) is 5.94. The lowest BCUT2D eigenvalue weighted by Crippen LogP contribution is -2.07. The van der Waals surface area contributed by atoms with Crippen LogP contribution in [0.5, 0.6) is 0 Å². The van der Waals surface area contributed by atoms with Crippen molar-refractivity contribution >= 4 is 23.4 Å². The van der Waals surface area contributed by atoms with Gasteiger partial charge in [0.15, 0.2) is 5.82 Å². The second kappa shape index (κ2) is 8.75. The first-order valence-electron chi connectivity index (χ1n) is 8.67. The minimum atomic E-state index is -0.338. The fraction of sp³-hybridized carbons (Fsp3) is 0.200. The first-order valence-corrected chi connectivity index (χ1v) is 8.67. The summed E-state index contributed by atoms with van der Waals surface area (Å²) in [5, 5.41) is 14.3. The normalized spacial score (nSPS) is 10.3. The molecule has 7 heteroatoms. The Balaban J connectivity index is 1.62. The molecule has 0 amide bonds. The minimum absolute atomic E-state index is 0.338. The van der Waals surface area contributed by atoms with Crippen molar-refractivity contribution in [1.29, 1.82) is 0 Å². The van der Waals surface area contributed by atoms with Crippen molar-refractivity contribution in [3.8, 4) is 0 Å². The van der Waals surface area contributed by atoms with Gasteiger partial charge in [-0.25, -0.2) is 4.79 Å². The number of carbonyl (C=O) groups is 1. The lowest BCUT2D eigenvalue weighted by Gasteiger charge is -2.09. The molecule has 27 heavy (non-hydrogen) atoms. The Morgan fingerprint density at radius 2 is 1.96 bits per heavy atom. The molecule has 0 unspecified atom stereocenters. The first kappa shape index (κ1) is 18.3. The molecule has 0 radical (unpaired) electrons. The van der Waals surface area contributed by atoms with E-state index in [2.05, 4.69) is 44.9 Å². The number of carbonyl (C=O) groups excluding carboxylic acids is 1. The summed E-state index contributed by atoms with van der Waals surface area (Å²) in [6, 6.07) is 15.2. The number of aryl methyl sites for hydroxylation is 1. The van der Waals surface area contributed by atoms with Crippen molar-refractivity contribution in [3.05, 3.63) is 71.4 Å². The van der Waals surface area contributed by atoms with Crippen LogP contribution in [0.25, 0.3) is 0 Å². The van der Waals surface area contributed by atoms with Crippen LogP contribution in [0, 0.1) is 6.92 Å². The molecule has 0 spiro atoms. The van der Waals surface area contributed by atoms with E-state index in [-0.39, 0.29) is 5.97 Å². The average Bonchev–Trinajstić information content (AvgIpc) is 2.68. The summed E-state index contributed by atoms with van der Waals surface area (Å²) in [6.07, 6.45) is 1.54. The van der Waals surface area contributed by atoms with Crippen LogP contribution in [0.3, 0.4) is 0 Å². The van der Waals surface area contributed by atoms with Gasteiger partial charge in [-0.2, -0.15) is 10.1 Å². The summed E-state index contributed by atoms with van der Waals surface area (Å²) < 4.78 is 4.97. The van der Waals surface area contributed by atoms with Crippen LogP contribution in [-0.4, -0.2) is 27.8 Å². The van der Waals surface area contributed by atoms with Crippen molar-refractivity contribution in [3.63, 3.8) is 0 Å². The van der Waals surface area contributed by atoms with Crippen molar-refractivity contribution in [2.24, 2.45) is 0 Å². The molecule has 0 bridgehead atoms. The van der Waals surface area contributed by atoms with Crippen LogP contribution in [0.15, 0.2) is 54.7 Å². The van der Waals surface area contributed by atoms with Crippen molar-refractivity contribution < 1.29 is 9.53 Å². The third-order valence-electron chi connectivity index (χ3n) is 3.76. The molecule has 3 rings (SSSR count). The molecular formula is C20H21N5O2. The lowest BCUT2D eigenvalue weighted by atomic mass is 10.1. The molecule has 0 atom stereocenters. The third-order valence-corrected chi connectivity index (χ3v) is 3.76. The summed E-state index contributed by atoms with van der Waals surface area (Å²) in [4.78, 5) is 16.1. The number of nitrogens with zero attached hydrogens (tertiary/aromatic N) is 3. The Labute approximate surface area is 157 Å². The third kappa shape index (κ3) is 5.24. The van der Waals surface area contributed by atoms with E-state index in [1.54, 1.807) is 31.2 Å². The Bertz CT molecular complexity index is 912. The van der Waals surface area contributed by atoms with Gasteiger partial charge in [-0.05, 0) is 43.7 Å². The second-order valence-corrected chi connectivity index (χ2v) is 5.93. The topological polar surface area (TPSA) is 89.0 Å². The first-order chi connectivity index (χ1) is 13.1. The average molecular weight is 363 g/mol. The van der Waals surface area contributed by atoms with E-state index in [1.165, 1.54) is 11.8 Å². The van der Waals surface area contributed by atoms with Crippen LogP contribution >= 0.6 is 0 Å². The molecule has 0 aliphatic carbocycles. The molecule has 138 valence electrons. The summed E-state index contributed by atoms with van der Waals surface area (Å²) in [5.74, 6) is 0.653. The maximum absolute atomic E-state index is 11.7. The Hall–Kier alpha value is -3.48. The van der Waals surface area contributed by atoms with Gasteiger partial charge in [0.2, 0.25) is 5.95 Å². The highest BCUT2D eigenvalue weighted by molar-refractivity contribution is 5.89. The molecule has 0 aliphatic rings. The highest BCUT2D eigenvalue weighted by atomic mass is 16.5. The van der Waals surface area contributed by atoms with Gasteiger partial charge in [-0.1, -0.05) is 29.8 Å². The highest BCUT2D eigenvalue weighted by Crippen LogP contribution is 2.16. The van der Waals surface area contributed by atoms with Crippen LogP contribution in [0.1, 0.15) is 28.4 Å². The fourth-order valence-electron chi connectivity index (χ4n) is 2.49. The van der Waals surface area contributed by atoms with E-state index in [9.17, 15) is 4.79 Å². The molecule has 0 saturated heterocycles. The van der Waals surface area contributed by atoms with E-state index < -0.39 is 0 Å². The highest BCUT2D eigenvalue weighted by Gasteiger charge is 2.06. The van der Waals surface area contributed by atoms with Crippen LogP contribution in [-0.2, 0) is 11.3 Å². The molecule has 1 aromatic heterocycles. The van der Waals surface area contributed by atoms with Crippen LogP contribution in [0.2, 0.25) is 0 Å². The van der Waals surface area contributed by atoms with E-state index in [4.69, 9.17) is 4.74 Å². The molecule has 3 aromatic rings. The molecule has 0 fully saturated rings. The predicted molar refractivity (Wildman–Crippen MR) is 104 cm³/mol. The number of benzene rings is 2. The molecule has 1 heterocycles.